The molecule has 3 aliphatic rings. The van der Waals surface area contributed by atoms with E-state index in [0.29, 0.717) is 25.7 Å². The smallest absolute Gasteiger partial charge is 0.228 e. The van der Waals surface area contributed by atoms with Gasteiger partial charge < -0.3 is 14.4 Å². The molecule has 3 heterocycles. The molecule has 1 amide bonds. The third-order valence-electron chi connectivity index (χ3n) is 6.40. The van der Waals surface area contributed by atoms with Crippen LogP contribution in [-0.2, 0) is 22.4 Å². The van der Waals surface area contributed by atoms with Gasteiger partial charge in [-0.15, -0.1) is 0 Å². The second-order valence-corrected chi connectivity index (χ2v) is 9.07. The van der Waals surface area contributed by atoms with Crippen LogP contribution in [0.25, 0.3) is 0 Å². The number of carbonyl (C=O) groups is 1. The number of ether oxygens (including phenoxy) is 2. The van der Waals surface area contributed by atoms with Crippen LogP contribution in [0.4, 0.5) is 0 Å². The molecule has 1 saturated heterocycles. The van der Waals surface area contributed by atoms with E-state index >= 15 is 0 Å². The van der Waals surface area contributed by atoms with Gasteiger partial charge in [-0.3, -0.25) is 4.79 Å². The minimum Gasteiger partial charge on any atom is -0.472 e. The van der Waals surface area contributed by atoms with Crippen LogP contribution in [0.2, 0.25) is 0 Å². The molecule has 1 aromatic heterocycles. The maximum absolute atomic E-state index is 12.9. The standard InChI is InChI=1S/C22H33N3O3/c1-4-22(2,3)21(26)25-11-5-6-16(14-25)28-20-17-9-12-27-13-10-18(17)23-19(24-20)15-7-8-15/h15-16H,4-14H2,1-3H3. The number of hydrogen-bond acceptors (Lipinski definition) is 5. The van der Waals surface area contributed by atoms with Crippen LogP contribution < -0.4 is 4.74 Å². The zero-order valence-corrected chi connectivity index (χ0v) is 17.5. The van der Waals surface area contributed by atoms with Crippen molar-refractivity contribution in [3.63, 3.8) is 0 Å². The number of hydrogen-bond donors (Lipinski definition) is 0. The Bertz CT molecular complexity index is 730. The van der Waals surface area contributed by atoms with Gasteiger partial charge in [0.2, 0.25) is 11.8 Å². The maximum atomic E-state index is 12.9. The highest BCUT2D eigenvalue weighted by Crippen LogP contribution is 2.40. The Morgan fingerprint density at radius 2 is 2.00 bits per heavy atom. The molecular weight excluding hydrogens is 354 g/mol. The average Bonchev–Trinajstić information content (AvgIpc) is 3.54. The van der Waals surface area contributed by atoms with Crippen molar-refractivity contribution in [2.75, 3.05) is 26.3 Å². The summed E-state index contributed by atoms with van der Waals surface area (Å²) >= 11 is 0. The first kappa shape index (κ1) is 19.6. The van der Waals surface area contributed by atoms with Crippen LogP contribution in [-0.4, -0.2) is 53.2 Å². The monoisotopic (exact) mass is 387 g/mol. The molecule has 0 radical (unpaired) electrons. The predicted octanol–water partition coefficient (Wildman–Crippen LogP) is 3.28. The number of aromatic nitrogens is 2. The van der Waals surface area contributed by atoms with Crippen molar-refractivity contribution in [3.05, 3.63) is 17.1 Å². The van der Waals surface area contributed by atoms with Crippen LogP contribution in [0.15, 0.2) is 0 Å². The van der Waals surface area contributed by atoms with Crippen molar-refractivity contribution in [1.29, 1.82) is 0 Å². The van der Waals surface area contributed by atoms with Crippen LogP contribution in [0.3, 0.4) is 0 Å². The minimum absolute atomic E-state index is 0.000538. The first-order chi connectivity index (χ1) is 13.5. The van der Waals surface area contributed by atoms with Gasteiger partial charge in [0.1, 0.15) is 11.9 Å². The van der Waals surface area contributed by atoms with E-state index in [1.54, 1.807) is 0 Å². The molecule has 0 N–H and O–H groups in total. The van der Waals surface area contributed by atoms with Crippen molar-refractivity contribution in [3.8, 4) is 5.88 Å². The lowest BCUT2D eigenvalue weighted by molar-refractivity contribution is -0.143. The van der Waals surface area contributed by atoms with Crippen molar-refractivity contribution < 1.29 is 14.3 Å². The Morgan fingerprint density at radius 3 is 2.75 bits per heavy atom. The summed E-state index contributed by atoms with van der Waals surface area (Å²) in [6.07, 6.45) is 6.76. The first-order valence-electron chi connectivity index (χ1n) is 10.9. The van der Waals surface area contributed by atoms with Gasteiger partial charge in [-0.1, -0.05) is 20.8 Å². The molecule has 0 bridgehead atoms. The second-order valence-electron chi connectivity index (χ2n) is 9.07. The van der Waals surface area contributed by atoms with Gasteiger partial charge in [0.25, 0.3) is 0 Å². The Morgan fingerprint density at radius 1 is 1.21 bits per heavy atom. The van der Waals surface area contributed by atoms with Crippen molar-refractivity contribution in [2.24, 2.45) is 5.41 Å². The molecule has 6 heteroatoms. The zero-order chi connectivity index (χ0) is 19.7. The van der Waals surface area contributed by atoms with Gasteiger partial charge in [-0.05, 0) is 32.1 Å². The summed E-state index contributed by atoms with van der Waals surface area (Å²) in [7, 11) is 0. The molecule has 1 aromatic rings. The molecule has 4 rings (SSSR count). The molecular formula is C22H33N3O3. The maximum Gasteiger partial charge on any atom is 0.228 e. The van der Waals surface area contributed by atoms with E-state index in [-0.39, 0.29) is 17.4 Å². The SMILES string of the molecule is CCC(C)(C)C(=O)N1CCCC(Oc2nc(C3CC3)nc3c2CCOCC3)C1. The molecule has 1 aliphatic carbocycles. The highest BCUT2D eigenvalue weighted by atomic mass is 16.5. The molecule has 0 spiro atoms. The van der Waals surface area contributed by atoms with Gasteiger partial charge in [0.15, 0.2) is 0 Å². The average molecular weight is 388 g/mol. The zero-order valence-electron chi connectivity index (χ0n) is 17.5. The minimum atomic E-state index is -0.315. The van der Waals surface area contributed by atoms with Gasteiger partial charge in [-0.2, -0.15) is 4.98 Å². The highest BCUT2D eigenvalue weighted by molar-refractivity contribution is 5.82. The first-order valence-corrected chi connectivity index (χ1v) is 10.9. The lowest BCUT2D eigenvalue weighted by Crippen LogP contribution is -2.49. The number of carbonyl (C=O) groups excluding carboxylic acids is 1. The fraction of sp³-hybridized carbons (Fsp3) is 0.773. The topological polar surface area (TPSA) is 64.6 Å². The molecule has 6 nitrogen and oxygen atoms in total. The van der Waals surface area contributed by atoms with E-state index in [9.17, 15) is 4.79 Å². The lowest BCUT2D eigenvalue weighted by atomic mass is 9.87. The van der Waals surface area contributed by atoms with E-state index in [0.717, 1.165) is 61.6 Å². The molecule has 1 atom stereocenters. The number of amides is 1. The van der Waals surface area contributed by atoms with Crippen molar-refractivity contribution >= 4 is 5.91 Å². The van der Waals surface area contributed by atoms with Crippen LogP contribution in [0, 0.1) is 5.41 Å². The number of likely N-dealkylation sites (tertiary alicyclic amines) is 1. The van der Waals surface area contributed by atoms with Crippen LogP contribution in [0.1, 0.15) is 75.9 Å². The third kappa shape index (κ3) is 4.17. The number of piperidine rings is 1. The Hall–Kier alpha value is -1.69. The summed E-state index contributed by atoms with van der Waals surface area (Å²) in [5, 5.41) is 0. The largest absolute Gasteiger partial charge is 0.472 e. The summed E-state index contributed by atoms with van der Waals surface area (Å²) in [5.74, 6) is 2.40. The molecule has 0 aromatic carbocycles. The lowest BCUT2D eigenvalue weighted by Gasteiger charge is -2.37. The van der Waals surface area contributed by atoms with Gasteiger partial charge in [-0.25, -0.2) is 4.98 Å². The fourth-order valence-electron chi connectivity index (χ4n) is 4.01. The Labute approximate surface area is 168 Å². The molecule has 2 aliphatic heterocycles. The van der Waals surface area contributed by atoms with Gasteiger partial charge in [0, 0.05) is 36.3 Å². The van der Waals surface area contributed by atoms with Crippen LogP contribution in [0.5, 0.6) is 5.88 Å². The van der Waals surface area contributed by atoms with Gasteiger partial charge >= 0.3 is 0 Å². The Kier molecular flexibility index (Phi) is 5.59. The number of rotatable bonds is 5. The summed E-state index contributed by atoms with van der Waals surface area (Å²) in [6.45, 7) is 9.02. The van der Waals surface area contributed by atoms with E-state index in [1.807, 2.05) is 18.7 Å². The van der Waals surface area contributed by atoms with E-state index < -0.39 is 0 Å². The molecule has 2 fully saturated rings. The predicted molar refractivity (Wildman–Crippen MR) is 107 cm³/mol. The summed E-state index contributed by atoms with van der Waals surface area (Å²) in [5.41, 5.74) is 1.89. The number of nitrogens with zero attached hydrogens (tertiary/aromatic N) is 3. The summed E-state index contributed by atoms with van der Waals surface area (Å²) < 4.78 is 12.1. The van der Waals surface area contributed by atoms with E-state index in [2.05, 4.69) is 6.92 Å². The van der Waals surface area contributed by atoms with Crippen molar-refractivity contribution in [1.82, 2.24) is 14.9 Å². The molecule has 154 valence electrons. The molecule has 1 unspecified atom stereocenters. The molecule has 28 heavy (non-hydrogen) atoms. The fourth-order valence-corrected chi connectivity index (χ4v) is 4.01. The second kappa shape index (κ2) is 7.97. The summed E-state index contributed by atoms with van der Waals surface area (Å²) in [6, 6.07) is 0. The van der Waals surface area contributed by atoms with Gasteiger partial charge in [0.05, 0.1) is 25.5 Å². The van der Waals surface area contributed by atoms with E-state index in [1.165, 1.54) is 12.8 Å². The van der Waals surface area contributed by atoms with Crippen LogP contribution >= 0.6 is 0 Å². The Balaban J connectivity index is 1.53. The van der Waals surface area contributed by atoms with E-state index in [4.69, 9.17) is 19.4 Å². The quantitative estimate of drug-likeness (QED) is 0.776. The third-order valence-corrected chi connectivity index (χ3v) is 6.40. The highest BCUT2D eigenvalue weighted by Gasteiger charge is 2.35. The van der Waals surface area contributed by atoms with Crippen molar-refractivity contribution in [2.45, 2.75) is 77.7 Å². The molecule has 1 saturated carbocycles. The normalized spacial score (nSPS) is 23.1. The summed E-state index contributed by atoms with van der Waals surface area (Å²) in [4.78, 5) is 24.6. The number of fused-ring (bicyclic) bond motifs is 1.